The average molecular weight is 1090 g/mol. The van der Waals surface area contributed by atoms with Gasteiger partial charge in [-0.15, -0.1) is 0 Å². The topological polar surface area (TPSA) is 334 Å². The van der Waals surface area contributed by atoms with E-state index in [0.29, 0.717) is 22.5 Å². The molecular weight excluding hydrogens is 1020 g/mol. The molecule has 0 radical (unpaired) electrons. The van der Waals surface area contributed by atoms with Crippen LogP contribution in [0.5, 0.6) is 0 Å². The number of nitrogens with zero attached hydrogens (tertiary/aromatic N) is 2. The van der Waals surface area contributed by atoms with Crippen LogP contribution in [0.1, 0.15) is 99.7 Å². The van der Waals surface area contributed by atoms with Crippen LogP contribution in [0.3, 0.4) is 0 Å². The summed E-state index contributed by atoms with van der Waals surface area (Å²) >= 11 is 0. The Morgan fingerprint density at radius 1 is 0.646 bits per heavy atom. The molecule has 0 fully saturated rings. The third-order valence-electron chi connectivity index (χ3n) is 12.6. The molecule has 6 amide bonds. The number of aliphatic hydroxyl groups excluding tert-OH is 1. The lowest BCUT2D eigenvalue weighted by molar-refractivity contribution is -0.160. The summed E-state index contributed by atoms with van der Waals surface area (Å²) in [6.45, 7) is 11.0. The molecule has 0 saturated heterocycles. The Balaban J connectivity index is 1.34. The number of hydrogen-bond donors (Lipinski definition) is 10. The van der Waals surface area contributed by atoms with Crippen LogP contribution in [0.2, 0.25) is 0 Å². The van der Waals surface area contributed by atoms with E-state index in [0.717, 1.165) is 5.56 Å². The first-order valence-electron chi connectivity index (χ1n) is 25.8. The number of amides is 6. The highest BCUT2D eigenvalue weighted by Gasteiger charge is 2.47. The predicted molar refractivity (Wildman–Crippen MR) is 287 cm³/mol. The fraction of sp³-hybridized carbons (Fsp3) is 0.429. The molecular formula is C56H72N10O13. The number of urea groups is 1. The lowest BCUT2D eigenvalue weighted by Gasteiger charge is -2.35. The molecule has 0 spiro atoms. The summed E-state index contributed by atoms with van der Waals surface area (Å²) in [5.74, 6) is -5.61. The molecule has 1 unspecified atom stereocenters. The van der Waals surface area contributed by atoms with E-state index in [1.165, 1.54) is 38.0 Å². The van der Waals surface area contributed by atoms with Gasteiger partial charge in [0.25, 0.3) is 0 Å². The normalized spacial score (nSPS) is 14.3. The summed E-state index contributed by atoms with van der Waals surface area (Å²) in [7, 11) is 0. The number of aromatic amines is 2. The Hall–Kier alpha value is -8.60. The molecule has 424 valence electrons. The number of alkyl carbamates (subject to hydrolysis) is 1. The first kappa shape index (κ1) is 61.3. The number of ether oxygens (including phenoxy) is 3. The van der Waals surface area contributed by atoms with Crippen LogP contribution in [0, 0.1) is 11.3 Å². The minimum atomic E-state index is -1.77. The quantitative estimate of drug-likeness (QED) is 0.0248. The number of esters is 2. The Bertz CT molecular complexity index is 2790. The maximum absolute atomic E-state index is 14.5. The summed E-state index contributed by atoms with van der Waals surface area (Å²) in [6.07, 6.45) is 2.73. The molecule has 2 heterocycles. The number of aliphatic carboxylic acids is 1. The first-order chi connectivity index (χ1) is 37.5. The smallest absolute Gasteiger partial charge is 0.408 e. The van der Waals surface area contributed by atoms with Crippen molar-refractivity contribution in [3.05, 3.63) is 144 Å². The summed E-state index contributed by atoms with van der Waals surface area (Å²) < 4.78 is 16.7. The molecule has 3 aromatic carbocycles. The van der Waals surface area contributed by atoms with Crippen LogP contribution in [0.25, 0.3) is 0 Å². The Labute approximate surface area is 458 Å². The van der Waals surface area contributed by atoms with Crippen molar-refractivity contribution in [2.24, 2.45) is 11.3 Å². The van der Waals surface area contributed by atoms with E-state index in [4.69, 9.17) is 14.2 Å². The number of aromatic nitrogens is 4. The largest absolute Gasteiger partial charge is 0.480 e. The molecule has 0 saturated carbocycles. The minimum absolute atomic E-state index is 0.0249. The third-order valence-corrected chi connectivity index (χ3v) is 12.6. The zero-order valence-electron chi connectivity index (χ0n) is 45.4. The van der Waals surface area contributed by atoms with Gasteiger partial charge in [-0.2, -0.15) is 0 Å². The lowest BCUT2D eigenvalue weighted by atomic mass is 9.79. The fourth-order valence-corrected chi connectivity index (χ4v) is 8.19. The van der Waals surface area contributed by atoms with Crippen molar-refractivity contribution in [2.45, 2.75) is 136 Å². The molecule has 79 heavy (non-hydrogen) atoms. The van der Waals surface area contributed by atoms with Gasteiger partial charge < -0.3 is 66.3 Å². The molecule has 0 aliphatic carbocycles. The second kappa shape index (κ2) is 29.2. The number of carboxylic acid groups (broad SMARTS) is 1. The zero-order valence-corrected chi connectivity index (χ0v) is 45.4. The van der Waals surface area contributed by atoms with Crippen molar-refractivity contribution in [1.82, 2.24) is 51.8 Å². The second-order valence-corrected chi connectivity index (χ2v) is 20.6. The van der Waals surface area contributed by atoms with Crippen LogP contribution in [-0.2, 0) is 70.7 Å². The maximum atomic E-state index is 14.5. The molecule has 10 N–H and O–H groups in total. The summed E-state index contributed by atoms with van der Waals surface area (Å²) in [6, 6.07) is 16.1. The number of rotatable bonds is 28. The molecule has 23 heteroatoms. The van der Waals surface area contributed by atoms with Gasteiger partial charge in [-0.3, -0.25) is 19.2 Å². The Morgan fingerprint density at radius 2 is 1.19 bits per heavy atom. The van der Waals surface area contributed by atoms with Gasteiger partial charge >= 0.3 is 30.0 Å². The van der Waals surface area contributed by atoms with E-state index < -0.39 is 102 Å². The molecule has 2 aromatic heterocycles. The van der Waals surface area contributed by atoms with Crippen molar-refractivity contribution < 1.29 is 62.8 Å². The third kappa shape index (κ3) is 19.7. The van der Waals surface area contributed by atoms with Crippen LogP contribution in [0.15, 0.2) is 110 Å². The highest BCUT2D eigenvalue weighted by atomic mass is 16.6. The van der Waals surface area contributed by atoms with E-state index in [2.05, 4.69) is 51.8 Å². The Kier molecular flexibility index (Phi) is 22.7. The van der Waals surface area contributed by atoms with Gasteiger partial charge in [0.2, 0.25) is 17.7 Å². The number of benzene rings is 3. The highest BCUT2D eigenvalue weighted by molar-refractivity contribution is 5.96. The predicted octanol–water partition coefficient (Wildman–Crippen LogP) is 4.18. The molecule has 0 aliphatic heterocycles. The zero-order chi connectivity index (χ0) is 57.7. The van der Waals surface area contributed by atoms with Crippen LogP contribution >= 0.6 is 0 Å². The van der Waals surface area contributed by atoms with Crippen molar-refractivity contribution in [1.29, 1.82) is 0 Å². The summed E-state index contributed by atoms with van der Waals surface area (Å²) in [4.78, 5) is 123. The summed E-state index contributed by atoms with van der Waals surface area (Å²) in [5, 5.41) is 37.4. The molecule has 0 bridgehead atoms. The van der Waals surface area contributed by atoms with E-state index in [1.54, 1.807) is 76.2 Å². The van der Waals surface area contributed by atoms with Gasteiger partial charge in [0.05, 0.1) is 35.8 Å². The fourth-order valence-electron chi connectivity index (χ4n) is 8.19. The minimum Gasteiger partial charge on any atom is -0.480 e. The number of carbonyl (C=O) groups excluding carboxylic acids is 7. The number of aliphatic hydroxyl groups is 1. The van der Waals surface area contributed by atoms with Gasteiger partial charge in [-0.25, -0.2) is 29.1 Å². The van der Waals surface area contributed by atoms with Gasteiger partial charge in [0.15, 0.2) is 0 Å². The van der Waals surface area contributed by atoms with E-state index in [1.807, 2.05) is 44.2 Å². The monoisotopic (exact) mass is 1090 g/mol. The van der Waals surface area contributed by atoms with Crippen LogP contribution in [0.4, 0.5) is 9.59 Å². The lowest BCUT2D eigenvalue weighted by Crippen LogP contribution is -2.62. The maximum Gasteiger partial charge on any atom is 0.408 e. The first-order valence-corrected chi connectivity index (χ1v) is 25.8. The molecule has 5 aromatic rings. The Morgan fingerprint density at radius 3 is 1.73 bits per heavy atom. The second-order valence-electron chi connectivity index (χ2n) is 20.6. The number of carbonyl (C=O) groups is 8. The number of hydrogen-bond acceptors (Lipinski definition) is 14. The average Bonchev–Trinajstić information content (AvgIpc) is 4.14. The SMILES string of the molecule is CC[C@@](C)(C(=O)OCc1ccccc1)[C@H](NC(=O)NCC(O)[C@H](CC(C)C)NC(=O)[C@H](Cc1cnc[nH]1)NC(=O)[C@H](Cc1cccc(C(=O)OCc2ccccc2)c1)NC(=O)OC(C)(C)C)C(=O)N[C@@H](Cc1cnc[nH]1)C(=O)O. The number of H-pyrrole nitrogens is 2. The van der Waals surface area contributed by atoms with E-state index in [-0.39, 0.29) is 56.8 Å². The molecule has 0 aliphatic rings. The van der Waals surface area contributed by atoms with E-state index in [9.17, 15) is 48.6 Å². The van der Waals surface area contributed by atoms with Gasteiger partial charge in [-0.1, -0.05) is 93.6 Å². The van der Waals surface area contributed by atoms with Gasteiger partial charge in [0.1, 0.15) is 43.0 Å². The van der Waals surface area contributed by atoms with Gasteiger partial charge in [-0.05, 0) is 75.3 Å². The summed E-state index contributed by atoms with van der Waals surface area (Å²) in [5.41, 5.74) is 0.195. The van der Waals surface area contributed by atoms with Crippen molar-refractivity contribution in [2.75, 3.05) is 6.54 Å². The van der Waals surface area contributed by atoms with Crippen molar-refractivity contribution in [3.63, 3.8) is 0 Å². The number of nitrogens with one attached hydrogen (secondary N) is 8. The standard InChI is InChI=1S/C56H72N10O13/c1-8-56(7,52(74)78-31-36-18-13-10-14-19-36)46(49(70)64-44(50(71)72)26-40-28-58-33-61-40)66-53(75)59-29-45(67)41(22-34(2)3)62-48(69)43(25-39-27-57-32-60-39)63-47(68)42(65-54(76)79-55(4,5)6)24-37-20-15-21-38(23-37)51(73)77-30-35-16-11-9-12-17-35/h9-21,23,27-28,32-34,41-46,67H,8,22,24-26,29-31H2,1-7H3,(H,57,60)(H,58,61)(H,62,69)(H,63,68)(H,64,70)(H,65,76)(H,71,72)(H2,59,66,75)/t41-,42-,43-,44-,45?,46+,56+/m0/s1. The molecule has 7 atom stereocenters. The molecule has 23 nitrogen and oxygen atoms in total. The van der Waals surface area contributed by atoms with Gasteiger partial charge in [0, 0.05) is 49.6 Å². The van der Waals surface area contributed by atoms with E-state index >= 15 is 0 Å². The molecule has 5 rings (SSSR count). The number of imidazole rings is 2. The highest BCUT2D eigenvalue weighted by Crippen LogP contribution is 2.29. The number of carboxylic acids is 1. The van der Waals surface area contributed by atoms with Crippen molar-refractivity contribution >= 4 is 47.8 Å². The van der Waals surface area contributed by atoms with Crippen molar-refractivity contribution in [3.8, 4) is 0 Å². The van der Waals surface area contributed by atoms with Crippen LogP contribution < -0.4 is 31.9 Å². The van der Waals surface area contributed by atoms with Crippen LogP contribution in [-0.4, -0.2) is 126 Å².